The van der Waals surface area contributed by atoms with Crippen LogP contribution >= 0.6 is 0 Å². The lowest BCUT2D eigenvalue weighted by Crippen LogP contribution is -2.62. The lowest BCUT2D eigenvalue weighted by molar-refractivity contribution is -1.18. The van der Waals surface area contributed by atoms with Gasteiger partial charge in [-0.3, -0.25) is 5.73 Å². The maximum absolute atomic E-state index is 11.3. The van der Waals surface area contributed by atoms with Gasteiger partial charge in [0.1, 0.15) is 0 Å². The fourth-order valence-corrected chi connectivity index (χ4v) is 1.51. The highest BCUT2D eigenvalue weighted by Crippen LogP contribution is 2.31. The standard InChI is InChI=1S/C8H15N5O5/c9-5-6(11(1-3-14)2-4-15)8(16)13(18)12(17)7(5)10/h14-16H,1-4,9-10H2. The number of aliphatic hydroxyl groups is 2. The monoisotopic (exact) mass is 261 g/mol. The maximum atomic E-state index is 11.3. The number of rotatable bonds is 5. The van der Waals surface area contributed by atoms with E-state index < -0.39 is 11.7 Å². The minimum atomic E-state index is -0.946. The predicted octanol–water partition coefficient (Wildman–Crippen LogP) is -3.39. The average Bonchev–Trinajstić information content (AvgIpc) is 2.35. The molecule has 102 valence electrons. The quantitative estimate of drug-likeness (QED) is 0.270. The van der Waals surface area contributed by atoms with Gasteiger partial charge in [0.15, 0.2) is 11.4 Å². The van der Waals surface area contributed by atoms with Crippen LogP contribution in [0.25, 0.3) is 0 Å². The van der Waals surface area contributed by atoms with Crippen molar-refractivity contribution in [2.75, 3.05) is 42.7 Å². The Hall–Kier alpha value is -2.20. The summed E-state index contributed by atoms with van der Waals surface area (Å²) in [6.45, 7) is -0.602. The highest BCUT2D eigenvalue weighted by atomic mass is 16.6. The third kappa shape index (κ3) is 2.24. The van der Waals surface area contributed by atoms with E-state index in [1.807, 2.05) is 0 Å². The summed E-state index contributed by atoms with van der Waals surface area (Å²) in [6.07, 6.45) is 0. The molecule has 0 aliphatic rings. The van der Waals surface area contributed by atoms with Crippen LogP contribution in [0.5, 0.6) is 5.88 Å². The Morgan fingerprint density at radius 2 is 1.56 bits per heavy atom. The van der Waals surface area contributed by atoms with E-state index in [-0.39, 0.29) is 47.4 Å². The molecule has 0 aromatic carbocycles. The van der Waals surface area contributed by atoms with Crippen molar-refractivity contribution in [2.45, 2.75) is 0 Å². The van der Waals surface area contributed by atoms with Crippen molar-refractivity contribution in [3.63, 3.8) is 0 Å². The molecule has 7 N–H and O–H groups in total. The fraction of sp³-hybridized carbons (Fsp3) is 0.500. The molecule has 0 spiro atoms. The number of hydrogen-bond acceptors (Lipinski definition) is 8. The third-order valence-electron chi connectivity index (χ3n) is 2.35. The van der Waals surface area contributed by atoms with Crippen LogP contribution in [-0.2, 0) is 0 Å². The highest BCUT2D eigenvalue weighted by Gasteiger charge is 2.29. The van der Waals surface area contributed by atoms with E-state index in [4.69, 9.17) is 21.7 Å². The molecule has 0 aliphatic carbocycles. The van der Waals surface area contributed by atoms with Gasteiger partial charge in [0.2, 0.25) is 0 Å². The normalized spacial score (nSPS) is 10.6. The van der Waals surface area contributed by atoms with Crippen LogP contribution in [0, 0.1) is 10.4 Å². The molecular formula is C8H15N5O5. The Morgan fingerprint density at radius 1 is 1.06 bits per heavy atom. The number of aliphatic hydroxyl groups excluding tert-OH is 2. The second-order valence-electron chi connectivity index (χ2n) is 3.45. The molecule has 0 amide bonds. The number of nitrogens with two attached hydrogens (primary N) is 2. The lowest BCUT2D eigenvalue weighted by atomic mass is 10.3. The predicted molar refractivity (Wildman–Crippen MR) is 61.2 cm³/mol. The molecule has 1 aromatic heterocycles. The van der Waals surface area contributed by atoms with Crippen LogP contribution in [0.3, 0.4) is 0 Å². The Bertz CT molecular complexity index is 405. The number of hydrogen-bond donors (Lipinski definition) is 5. The average molecular weight is 261 g/mol. The molecule has 0 aliphatic heterocycles. The molecule has 10 nitrogen and oxygen atoms in total. The van der Waals surface area contributed by atoms with Crippen molar-refractivity contribution in [3.8, 4) is 5.88 Å². The van der Waals surface area contributed by atoms with Crippen molar-refractivity contribution < 1.29 is 25.0 Å². The molecule has 0 atom stereocenters. The van der Waals surface area contributed by atoms with E-state index in [9.17, 15) is 15.5 Å². The van der Waals surface area contributed by atoms with Gasteiger partial charge >= 0.3 is 11.7 Å². The van der Waals surface area contributed by atoms with Crippen LogP contribution < -0.4 is 26.1 Å². The summed E-state index contributed by atoms with van der Waals surface area (Å²) in [5.41, 5.74) is 10.4. The van der Waals surface area contributed by atoms with Gasteiger partial charge in [-0.1, -0.05) is 0 Å². The number of nitrogens with zero attached hydrogens (tertiary/aromatic N) is 3. The second kappa shape index (κ2) is 5.42. The van der Waals surface area contributed by atoms with Gasteiger partial charge in [-0.05, 0) is 0 Å². The van der Waals surface area contributed by atoms with Crippen molar-refractivity contribution in [1.82, 2.24) is 0 Å². The highest BCUT2D eigenvalue weighted by molar-refractivity contribution is 5.77. The first-order valence-corrected chi connectivity index (χ1v) is 5.05. The molecule has 0 saturated carbocycles. The lowest BCUT2D eigenvalue weighted by Gasteiger charge is -2.23. The zero-order valence-electron chi connectivity index (χ0n) is 9.48. The molecule has 1 heterocycles. The van der Waals surface area contributed by atoms with Gasteiger partial charge in [0.05, 0.1) is 13.2 Å². The molecule has 18 heavy (non-hydrogen) atoms. The van der Waals surface area contributed by atoms with Gasteiger partial charge in [-0.2, -0.15) is 0 Å². The Morgan fingerprint density at radius 3 is 2.00 bits per heavy atom. The molecule has 0 saturated heterocycles. The van der Waals surface area contributed by atoms with Crippen molar-refractivity contribution in [3.05, 3.63) is 10.4 Å². The van der Waals surface area contributed by atoms with E-state index in [1.165, 1.54) is 4.90 Å². The number of aromatic nitrogens is 2. The molecule has 10 heteroatoms. The summed E-state index contributed by atoms with van der Waals surface area (Å²) < 4.78 is 0. The van der Waals surface area contributed by atoms with Gasteiger partial charge in [0.25, 0.3) is 0 Å². The van der Waals surface area contributed by atoms with E-state index in [0.717, 1.165) is 0 Å². The van der Waals surface area contributed by atoms with Crippen LogP contribution in [0.1, 0.15) is 0 Å². The molecule has 0 bridgehead atoms. The first-order chi connectivity index (χ1) is 8.45. The van der Waals surface area contributed by atoms with Crippen molar-refractivity contribution in [2.24, 2.45) is 0 Å². The largest absolute Gasteiger partial charge is 0.657 e. The second-order valence-corrected chi connectivity index (χ2v) is 3.45. The zero-order valence-corrected chi connectivity index (χ0v) is 9.48. The maximum Gasteiger partial charge on any atom is 0.446 e. The SMILES string of the molecule is Nc1c(N(CCO)CCO)c(O)[n+]([O-])[n+]([O-])c1N. The van der Waals surface area contributed by atoms with Crippen LogP contribution in [0.15, 0.2) is 0 Å². The number of anilines is 3. The Labute approximate surface area is 102 Å². The summed E-state index contributed by atoms with van der Waals surface area (Å²) in [5.74, 6) is -1.52. The third-order valence-corrected chi connectivity index (χ3v) is 2.35. The minimum Gasteiger partial charge on any atom is -0.657 e. The van der Waals surface area contributed by atoms with E-state index in [0.29, 0.717) is 0 Å². The summed E-state index contributed by atoms with van der Waals surface area (Å²) in [7, 11) is 0. The Balaban J connectivity index is 3.37. The van der Waals surface area contributed by atoms with Crippen molar-refractivity contribution in [1.29, 1.82) is 0 Å². The fourth-order valence-electron chi connectivity index (χ4n) is 1.51. The first-order valence-electron chi connectivity index (χ1n) is 5.05. The molecular weight excluding hydrogens is 246 g/mol. The smallest absolute Gasteiger partial charge is 0.446 e. The molecule has 1 aromatic rings. The topological polar surface area (TPSA) is 170 Å². The van der Waals surface area contributed by atoms with Crippen LogP contribution in [0.4, 0.5) is 17.2 Å². The van der Waals surface area contributed by atoms with E-state index in [2.05, 4.69) is 0 Å². The van der Waals surface area contributed by atoms with Gasteiger partial charge in [-0.25, -0.2) is 0 Å². The molecule has 1 rings (SSSR count). The van der Waals surface area contributed by atoms with Gasteiger partial charge < -0.3 is 36.4 Å². The summed E-state index contributed by atoms with van der Waals surface area (Å²) in [5, 5.41) is 49.8. The van der Waals surface area contributed by atoms with Crippen molar-refractivity contribution >= 4 is 17.2 Å². The molecule has 0 unspecified atom stereocenters. The van der Waals surface area contributed by atoms with Gasteiger partial charge in [0, 0.05) is 22.8 Å². The van der Waals surface area contributed by atoms with Crippen LogP contribution in [-0.4, -0.2) is 41.6 Å². The zero-order chi connectivity index (χ0) is 13.9. The number of aromatic hydroxyl groups is 1. The summed E-state index contributed by atoms with van der Waals surface area (Å²) in [4.78, 5) is 0.572. The minimum absolute atomic E-state index is 0.000625. The van der Waals surface area contributed by atoms with E-state index >= 15 is 0 Å². The summed E-state index contributed by atoms with van der Waals surface area (Å²) >= 11 is 0. The van der Waals surface area contributed by atoms with Crippen LogP contribution in [0.2, 0.25) is 0 Å². The number of nitrogen functional groups attached to an aromatic ring is 2. The van der Waals surface area contributed by atoms with Gasteiger partial charge in [-0.15, -0.1) is 0 Å². The van der Waals surface area contributed by atoms with E-state index in [1.54, 1.807) is 0 Å². The Kier molecular flexibility index (Phi) is 4.18. The summed E-state index contributed by atoms with van der Waals surface area (Å²) in [6, 6.07) is 0. The molecule has 0 radical (unpaired) electrons. The molecule has 0 fully saturated rings. The first kappa shape index (κ1) is 13.9.